The van der Waals surface area contributed by atoms with Crippen LogP contribution in [0.3, 0.4) is 0 Å². The minimum atomic E-state index is -5.54. The molecule has 9 heteroatoms. The van der Waals surface area contributed by atoms with Crippen molar-refractivity contribution in [1.29, 1.82) is 0 Å². The van der Waals surface area contributed by atoms with Crippen LogP contribution in [0.2, 0.25) is 0 Å². The van der Waals surface area contributed by atoms with Gasteiger partial charge in [-0.25, -0.2) is 0 Å². The second-order valence-electron chi connectivity index (χ2n) is 4.75. The molecule has 0 bridgehead atoms. The van der Waals surface area contributed by atoms with E-state index in [1.807, 2.05) is 0 Å². The van der Waals surface area contributed by atoms with Gasteiger partial charge in [0.15, 0.2) is 5.92 Å². The number of Topliss-reactive ketones (excluding diaryl/α,β-unsaturated/α-hetero) is 1. The van der Waals surface area contributed by atoms with Crippen LogP contribution >= 0.6 is 0 Å². The Morgan fingerprint density at radius 2 is 1.46 bits per heavy atom. The quantitative estimate of drug-likeness (QED) is 0.469. The first-order chi connectivity index (χ1) is 11.0. The lowest BCUT2D eigenvalue weighted by atomic mass is 9.94. The zero-order valence-electron chi connectivity index (χ0n) is 11.6. The highest BCUT2D eigenvalue weighted by Crippen LogP contribution is 2.40. The third-order valence-corrected chi connectivity index (χ3v) is 3.09. The molecule has 24 heavy (non-hydrogen) atoms. The second-order valence-corrected chi connectivity index (χ2v) is 4.75. The van der Waals surface area contributed by atoms with Crippen LogP contribution in [0.15, 0.2) is 42.7 Å². The summed E-state index contributed by atoms with van der Waals surface area (Å²) in [7, 11) is 0. The predicted octanol–water partition coefficient (Wildman–Crippen LogP) is 4.06. The van der Waals surface area contributed by atoms with E-state index in [1.54, 1.807) is 0 Å². The minimum absolute atomic E-state index is 0.0448. The molecular formula is C15H8F6O3. The van der Waals surface area contributed by atoms with Crippen LogP contribution in [-0.4, -0.2) is 23.9 Å². The lowest BCUT2D eigenvalue weighted by Gasteiger charge is -2.20. The molecule has 0 unspecified atom stereocenters. The smallest absolute Gasteiger partial charge is 0.403 e. The number of hydrogen-bond acceptors (Lipinski definition) is 3. The summed E-state index contributed by atoms with van der Waals surface area (Å²) in [6.45, 7) is 0. The number of benzene rings is 1. The molecule has 0 heterocycles. The van der Waals surface area contributed by atoms with Gasteiger partial charge >= 0.3 is 12.4 Å². The summed E-state index contributed by atoms with van der Waals surface area (Å²) < 4.78 is 79.1. The summed E-state index contributed by atoms with van der Waals surface area (Å²) >= 11 is 0. The molecule has 1 aliphatic rings. The van der Waals surface area contributed by atoms with Crippen molar-refractivity contribution in [2.24, 2.45) is 5.92 Å². The van der Waals surface area contributed by atoms with Gasteiger partial charge in [0, 0.05) is 17.2 Å². The molecule has 0 N–H and O–H groups in total. The van der Waals surface area contributed by atoms with Crippen molar-refractivity contribution in [3.63, 3.8) is 0 Å². The van der Waals surface area contributed by atoms with Gasteiger partial charge in [-0.1, -0.05) is 24.3 Å². The molecule has 128 valence electrons. The summed E-state index contributed by atoms with van der Waals surface area (Å²) in [5.74, 6) is -5.85. The molecule has 0 saturated heterocycles. The van der Waals surface area contributed by atoms with Gasteiger partial charge in [-0.15, -0.1) is 0 Å². The number of rotatable bonds is 3. The third kappa shape index (κ3) is 3.66. The minimum Gasteiger partial charge on any atom is -0.465 e. The van der Waals surface area contributed by atoms with E-state index in [2.05, 4.69) is 0 Å². The number of halogens is 6. The molecule has 1 aliphatic carbocycles. The summed E-state index contributed by atoms with van der Waals surface area (Å²) in [5, 5.41) is 0. The lowest BCUT2D eigenvalue weighted by molar-refractivity contribution is -0.268. The highest BCUT2D eigenvalue weighted by atomic mass is 19.4. The van der Waals surface area contributed by atoms with Crippen molar-refractivity contribution >= 4 is 17.3 Å². The van der Waals surface area contributed by atoms with Crippen LogP contribution in [0.5, 0.6) is 0 Å². The number of fused-ring (bicyclic) bond motifs is 1. The van der Waals surface area contributed by atoms with Crippen LogP contribution in [0.25, 0.3) is 5.76 Å². The number of alkyl halides is 6. The summed E-state index contributed by atoms with van der Waals surface area (Å²) in [6.07, 6.45) is -10.4. The average Bonchev–Trinajstić information content (AvgIpc) is 2.45. The fraction of sp³-hybridized carbons (Fsp3) is 0.200. The number of allylic oxidation sites excluding steroid dienone is 2. The maximum Gasteiger partial charge on any atom is 0.403 e. The monoisotopic (exact) mass is 350 g/mol. The van der Waals surface area contributed by atoms with Gasteiger partial charge in [0.1, 0.15) is 5.76 Å². The van der Waals surface area contributed by atoms with Gasteiger partial charge in [0.05, 0.1) is 6.26 Å². The van der Waals surface area contributed by atoms with Gasteiger partial charge in [-0.05, 0) is 6.08 Å². The van der Waals surface area contributed by atoms with Crippen molar-refractivity contribution in [2.45, 2.75) is 12.4 Å². The predicted molar refractivity (Wildman–Crippen MR) is 69.6 cm³/mol. The molecule has 0 fully saturated rings. The highest BCUT2D eigenvalue weighted by molar-refractivity contribution is 6.50. The van der Waals surface area contributed by atoms with E-state index in [4.69, 9.17) is 4.74 Å². The fourth-order valence-electron chi connectivity index (χ4n) is 1.98. The highest BCUT2D eigenvalue weighted by Gasteiger charge is 2.55. The molecule has 0 aliphatic heterocycles. The summed E-state index contributed by atoms with van der Waals surface area (Å²) in [4.78, 5) is 23.1. The van der Waals surface area contributed by atoms with Gasteiger partial charge in [-0.3, -0.25) is 9.59 Å². The van der Waals surface area contributed by atoms with E-state index in [0.29, 0.717) is 6.08 Å². The van der Waals surface area contributed by atoms with Crippen LogP contribution in [0, 0.1) is 5.92 Å². The topological polar surface area (TPSA) is 43.4 Å². The Bertz CT molecular complexity index is 713. The molecule has 2 rings (SSSR count). The first kappa shape index (κ1) is 17.8. The maximum absolute atomic E-state index is 12.4. The van der Waals surface area contributed by atoms with Crippen molar-refractivity contribution in [3.05, 3.63) is 53.8 Å². The molecule has 3 nitrogen and oxygen atoms in total. The molecule has 1 aromatic rings. The molecule has 0 aromatic heterocycles. The Hall–Kier alpha value is -2.58. The molecular weight excluding hydrogens is 342 g/mol. The second kappa shape index (κ2) is 6.14. The van der Waals surface area contributed by atoms with Crippen LogP contribution in [0.1, 0.15) is 15.9 Å². The summed E-state index contributed by atoms with van der Waals surface area (Å²) in [5.41, 5.74) is 0.0545. The summed E-state index contributed by atoms with van der Waals surface area (Å²) in [6, 6.07) is 5.57. The normalized spacial score (nSPS) is 15.7. The van der Waals surface area contributed by atoms with E-state index in [1.165, 1.54) is 24.3 Å². The van der Waals surface area contributed by atoms with E-state index in [9.17, 15) is 35.9 Å². The van der Waals surface area contributed by atoms with E-state index in [-0.39, 0.29) is 29.2 Å². The Balaban J connectivity index is 2.27. The van der Waals surface area contributed by atoms with Gasteiger partial charge in [-0.2, -0.15) is 26.3 Å². The van der Waals surface area contributed by atoms with E-state index < -0.39 is 29.8 Å². The van der Waals surface area contributed by atoms with Crippen molar-refractivity contribution in [2.75, 3.05) is 0 Å². The molecule has 0 radical (unpaired) electrons. The van der Waals surface area contributed by atoms with Crippen molar-refractivity contribution < 1.29 is 40.7 Å². The number of carbonyl (C=O) groups excluding carboxylic acids is 2. The number of ketones is 2. The van der Waals surface area contributed by atoms with Gasteiger partial charge in [0.2, 0.25) is 11.6 Å². The molecule has 0 atom stereocenters. The fourth-order valence-corrected chi connectivity index (χ4v) is 1.98. The van der Waals surface area contributed by atoms with Gasteiger partial charge in [0.25, 0.3) is 0 Å². The van der Waals surface area contributed by atoms with Gasteiger partial charge < -0.3 is 4.74 Å². The van der Waals surface area contributed by atoms with Crippen molar-refractivity contribution in [3.8, 4) is 0 Å². The first-order valence-electron chi connectivity index (χ1n) is 6.38. The van der Waals surface area contributed by atoms with E-state index in [0.717, 1.165) is 0 Å². The maximum atomic E-state index is 12.4. The zero-order chi connectivity index (χ0) is 18.1. The Labute approximate surface area is 131 Å². The lowest BCUT2D eigenvalue weighted by Crippen LogP contribution is -2.34. The molecule has 0 saturated carbocycles. The Morgan fingerprint density at radius 3 is 2.00 bits per heavy atom. The zero-order valence-corrected chi connectivity index (χ0v) is 11.6. The van der Waals surface area contributed by atoms with Crippen LogP contribution in [0.4, 0.5) is 26.3 Å². The first-order valence-corrected chi connectivity index (χ1v) is 6.38. The Kier molecular flexibility index (Phi) is 4.54. The standard InChI is InChI=1S/C15H8F6O3/c16-14(17,18)12(15(19,20)21)5-6-24-11-7-10(22)13(23)9-4-2-1-3-8(9)11/h1-7,12H. The molecule has 1 aromatic carbocycles. The Morgan fingerprint density at radius 1 is 0.917 bits per heavy atom. The largest absolute Gasteiger partial charge is 0.465 e. The van der Waals surface area contributed by atoms with Crippen LogP contribution in [-0.2, 0) is 9.53 Å². The van der Waals surface area contributed by atoms with Crippen LogP contribution < -0.4 is 0 Å². The molecule has 0 spiro atoms. The SMILES string of the molecule is O=C1C=C(OC=CC(C(F)(F)F)C(F)(F)F)c2ccccc2C1=O. The number of hydrogen-bond donors (Lipinski definition) is 0. The van der Waals surface area contributed by atoms with E-state index >= 15 is 0 Å². The average molecular weight is 350 g/mol. The number of ether oxygens (including phenoxy) is 1. The third-order valence-electron chi connectivity index (χ3n) is 3.09. The van der Waals surface area contributed by atoms with Crippen molar-refractivity contribution in [1.82, 2.24) is 0 Å². The number of carbonyl (C=O) groups is 2. The molecule has 0 amide bonds.